The van der Waals surface area contributed by atoms with Crippen molar-refractivity contribution in [2.45, 2.75) is 49.5 Å². The van der Waals surface area contributed by atoms with E-state index in [-0.39, 0.29) is 24.2 Å². The molecule has 3 saturated heterocycles. The summed E-state index contributed by atoms with van der Waals surface area (Å²) in [7, 11) is 0. The standard InChI is InChI=1S/C12H20O6/c13-7(9-3-16-9)1-6(12(15)11-5-18-11)2-8(14)10-4-17-10/h6-15H,1-5H2. The minimum Gasteiger partial charge on any atom is -0.390 e. The number of aliphatic hydroxyl groups excluding tert-OH is 3. The highest BCUT2D eigenvalue weighted by molar-refractivity contribution is 4.91. The molecule has 0 radical (unpaired) electrons. The lowest BCUT2D eigenvalue weighted by Gasteiger charge is -2.25. The van der Waals surface area contributed by atoms with Gasteiger partial charge in [0.05, 0.1) is 38.1 Å². The zero-order chi connectivity index (χ0) is 12.7. The first-order chi connectivity index (χ1) is 8.65. The molecule has 0 amide bonds. The van der Waals surface area contributed by atoms with Crippen molar-refractivity contribution in [3.63, 3.8) is 0 Å². The van der Waals surface area contributed by atoms with Gasteiger partial charge in [-0.2, -0.15) is 0 Å². The average Bonchev–Trinajstić information content (AvgIpc) is 3.17. The highest BCUT2D eigenvalue weighted by Gasteiger charge is 2.43. The second-order valence-corrected chi connectivity index (χ2v) is 5.47. The number of ether oxygens (including phenoxy) is 3. The maximum absolute atomic E-state index is 10.1. The smallest absolute Gasteiger partial charge is 0.107 e. The molecule has 0 spiro atoms. The van der Waals surface area contributed by atoms with Crippen molar-refractivity contribution in [3.05, 3.63) is 0 Å². The Kier molecular flexibility index (Phi) is 3.57. The maximum Gasteiger partial charge on any atom is 0.107 e. The second-order valence-electron chi connectivity index (χ2n) is 5.47. The first-order valence-electron chi connectivity index (χ1n) is 6.54. The topological polar surface area (TPSA) is 98.3 Å². The molecule has 18 heavy (non-hydrogen) atoms. The van der Waals surface area contributed by atoms with Crippen LogP contribution in [0.2, 0.25) is 0 Å². The van der Waals surface area contributed by atoms with E-state index in [1.807, 2.05) is 0 Å². The third-order valence-corrected chi connectivity index (χ3v) is 3.89. The van der Waals surface area contributed by atoms with Crippen LogP contribution in [-0.4, -0.2) is 71.8 Å². The maximum atomic E-state index is 10.1. The van der Waals surface area contributed by atoms with Crippen molar-refractivity contribution in [2.24, 2.45) is 5.92 Å². The van der Waals surface area contributed by atoms with Crippen LogP contribution in [0.3, 0.4) is 0 Å². The fourth-order valence-corrected chi connectivity index (χ4v) is 2.41. The predicted octanol–water partition coefficient (Wildman–Crippen LogP) is -1.34. The highest BCUT2D eigenvalue weighted by atomic mass is 16.6. The van der Waals surface area contributed by atoms with Crippen LogP contribution in [0.4, 0.5) is 0 Å². The lowest BCUT2D eigenvalue weighted by molar-refractivity contribution is 0.00445. The molecule has 0 saturated carbocycles. The van der Waals surface area contributed by atoms with Crippen molar-refractivity contribution in [3.8, 4) is 0 Å². The van der Waals surface area contributed by atoms with Crippen molar-refractivity contribution >= 4 is 0 Å². The third kappa shape index (κ3) is 3.20. The van der Waals surface area contributed by atoms with Gasteiger partial charge in [-0.15, -0.1) is 0 Å². The summed E-state index contributed by atoms with van der Waals surface area (Å²) in [5, 5.41) is 29.9. The number of epoxide rings is 3. The molecule has 3 rings (SSSR count). The lowest BCUT2D eigenvalue weighted by atomic mass is 9.87. The van der Waals surface area contributed by atoms with E-state index in [9.17, 15) is 15.3 Å². The molecule has 3 aliphatic rings. The summed E-state index contributed by atoms with van der Waals surface area (Å²) in [6.45, 7) is 1.72. The highest BCUT2D eigenvalue weighted by Crippen LogP contribution is 2.32. The summed E-state index contributed by atoms with van der Waals surface area (Å²) >= 11 is 0. The van der Waals surface area contributed by atoms with Gasteiger partial charge < -0.3 is 29.5 Å². The molecule has 3 N–H and O–H groups in total. The summed E-state index contributed by atoms with van der Waals surface area (Å²) in [5.41, 5.74) is 0. The Labute approximate surface area is 105 Å². The fourth-order valence-electron chi connectivity index (χ4n) is 2.41. The van der Waals surface area contributed by atoms with Gasteiger partial charge in [-0.1, -0.05) is 0 Å². The molecule has 3 fully saturated rings. The lowest BCUT2D eigenvalue weighted by Crippen LogP contribution is -2.35. The van der Waals surface area contributed by atoms with Crippen LogP contribution in [0, 0.1) is 5.92 Å². The number of aliphatic hydroxyl groups is 3. The Balaban J connectivity index is 1.54. The first kappa shape index (κ1) is 12.8. The summed E-state index contributed by atoms with van der Waals surface area (Å²) < 4.78 is 15.2. The van der Waals surface area contributed by atoms with Crippen LogP contribution in [0.25, 0.3) is 0 Å². The average molecular weight is 260 g/mol. The Morgan fingerprint density at radius 2 is 1.17 bits per heavy atom. The van der Waals surface area contributed by atoms with Crippen molar-refractivity contribution in [2.75, 3.05) is 19.8 Å². The normalized spacial score (nSPS) is 39.8. The third-order valence-electron chi connectivity index (χ3n) is 3.89. The van der Waals surface area contributed by atoms with E-state index in [1.165, 1.54) is 0 Å². The van der Waals surface area contributed by atoms with Crippen LogP contribution in [0.15, 0.2) is 0 Å². The molecule has 0 aromatic carbocycles. The molecule has 0 aromatic heterocycles. The van der Waals surface area contributed by atoms with Crippen molar-refractivity contribution in [1.82, 2.24) is 0 Å². The van der Waals surface area contributed by atoms with Gasteiger partial charge in [-0.05, 0) is 18.8 Å². The molecule has 6 heteroatoms. The van der Waals surface area contributed by atoms with Crippen molar-refractivity contribution in [1.29, 1.82) is 0 Å². The van der Waals surface area contributed by atoms with Crippen LogP contribution in [0.1, 0.15) is 12.8 Å². The molecule has 3 heterocycles. The van der Waals surface area contributed by atoms with Gasteiger partial charge in [0, 0.05) is 0 Å². The van der Waals surface area contributed by atoms with Crippen LogP contribution < -0.4 is 0 Å². The van der Waals surface area contributed by atoms with Crippen LogP contribution >= 0.6 is 0 Å². The molecule has 6 nitrogen and oxygen atoms in total. The van der Waals surface area contributed by atoms with Gasteiger partial charge in [0.2, 0.25) is 0 Å². The fraction of sp³-hybridized carbons (Fsp3) is 1.00. The molecule has 0 aliphatic carbocycles. The molecule has 6 unspecified atom stereocenters. The SMILES string of the molecule is OC(CC(CC(O)C1CO1)C(O)C1CO1)C1CO1. The van der Waals surface area contributed by atoms with Crippen LogP contribution in [0.5, 0.6) is 0 Å². The molecular weight excluding hydrogens is 240 g/mol. The monoisotopic (exact) mass is 260 g/mol. The molecule has 3 aliphatic heterocycles. The zero-order valence-corrected chi connectivity index (χ0v) is 10.1. The summed E-state index contributed by atoms with van der Waals surface area (Å²) in [4.78, 5) is 0. The van der Waals surface area contributed by atoms with Gasteiger partial charge in [0.25, 0.3) is 0 Å². The predicted molar refractivity (Wildman–Crippen MR) is 60.0 cm³/mol. The van der Waals surface area contributed by atoms with Crippen molar-refractivity contribution < 1.29 is 29.5 Å². The largest absolute Gasteiger partial charge is 0.390 e. The van der Waals surface area contributed by atoms with E-state index < -0.39 is 18.3 Å². The molecule has 0 aromatic rings. The van der Waals surface area contributed by atoms with E-state index in [1.54, 1.807) is 0 Å². The van der Waals surface area contributed by atoms with E-state index in [2.05, 4.69) is 0 Å². The van der Waals surface area contributed by atoms with Gasteiger partial charge >= 0.3 is 0 Å². The summed E-state index contributed by atoms with van der Waals surface area (Å²) in [6, 6.07) is 0. The summed E-state index contributed by atoms with van der Waals surface area (Å²) in [5.74, 6) is -0.184. The van der Waals surface area contributed by atoms with Gasteiger partial charge in [0.15, 0.2) is 0 Å². The number of hydrogen-bond donors (Lipinski definition) is 3. The van der Waals surface area contributed by atoms with E-state index in [0.717, 1.165) is 0 Å². The number of hydrogen-bond acceptors (Lipinski definition) is 6. The van der Waals surface area contributed by atoms with Gasteiger partial charge in [-0.25, -0.2) is 0 Å². The Morgan fingerprint density at radius 1 is 0.778 bits per heavy atom. The molecular formula is C12H20O6. The second kappa shape index (κ2) is 5.03. The summed E-state index contributed by atoms with van der Waals surface area (Å²) in [6.07, 6.45) is -1.28. The van der Waals surface area contributed by atoms with E-state index in [4.69, 9.17) is 14.2 Å². The molecule has 104 valence electrons. The Hall–Kier alpha value is -0.240. The molecule has 6 atom stereocenters. The van der Waals surface area contributed by atoms with E-state index in [0.29, 0.717) is 32.7 Å². The number of rotatable bonds is 8. The minimum absolute atomic E-state index is 0.103. The molecule has 0 bridgehead atoms. The minimum atomic E-state index is -0.633. The van der Waals surface area contributed by atoms with Gasteiger partial charge in [0.1, 0.15) is 18.3 Å². The van der Waals surface area contributed by atoms with Crippen LogP contribution in [-0.2, 0) is 14.2 Å². The Bertz CT molecular complexity index is 266. The first-order valence-corrected chi connectivity index (χ1v) is 6.54. The van der Waals surface area contributed by atoms with E-state index >= 15 is 0 Å². The van der Waals surface area contributed by atoms with Gasteiger partial charge in [-0.3, -0.25) is 0 Å². The zero-order valence-electron chi connectivity index (χ0n) is 10.1. The Morgan fingerprint density at radius 3 is 1.50 bits per heavy atom. The quantitative estimate of drug-likeness (QED) is 0.467.